The van der Waals surface area contributed by atoms with Crippen molar-refractivity contribution in [1.82, 2.24) is 4.90 Å². The van der Waals surface area contributed by atoms with E-state index in [1.54, 1.807) is 0 Å². The molecule has 1 heterocycles. The second kappa shape index (κ2) is 12.0. The topological polar surface area (TPSA) is 57.2 Å². The van der Waals surface area contributed by atoms with E-state index in [1.807, 2.05) is 30.3 Å². The van der Waals surface area contributed by atoms with Gasteiger partial charge in [-0.25, -0.2) is 4.79 Å². The molecule has 2 aliphatic carbocycles. The lowest BCUT2D eigenvalue weighted by molar-refractivity contribution is -0.149. The maximum Gasteiger partial charge on any atom is 0.347 e. The highest BCUT2D eigenvalue weighted by Gasteiger charge is 2.34. The fourth-order valence-electron chi connectivity index (χ4n) is 5.62. The van der Waals surface area contributed by atoms with Crippen LogP contribution in [0.5, 0.6) is 5.75 Å². The van der Waals surface area contributed by atoms with Gasteiger partial charge in [-0.3, -0.25) is 4.90 Å². The van der Waals surface area contributed by atoms with Crippen LogP contribution in [0.2, 0.25) is 0 Å². The summed E-state index contributed by atoms with van der Waals surface area (Å²) in [6, 6.07) is 10.1. The van der Waals surface area contributed by atoms with Crippen molar-refractivity contribution in [2.24, 2.45) is 5.92 Å². The number of carbonyl (C=O) groups is 1. The van der Waals surface area contributed by atoms with E-state index in [0.717, 1.165) is 52.0 Å². The second-order valence-corrected chi connectivity index (χ2v) is 9.49. The van der Waals surface area contributed by atoms with Crippen LogP contribution in [0.3, 0.4) is 0 Å². The molecular formula is C26H39NO5. The molecule has 3 atom stereocenters. The minimum absolute atomic E-state index is 0.293. The molecule has 3 fully saturated rings. The predicted octanol–water partition coefficient (Wildman–Crippen LogP) is 4.22. The quantitative estimate of drug-likeness (QED) is 0.531. The molecule has 0 radical (unpaired) electrons. The van der Waals surface area contributed by atoms with Crippen molar-refractivity contribution >= 4 is 5.97 Å². The summed E-state index contributed by atoms with van der Waals surface area (Å²) in [6.07, 6.45) is 10.3. The van der Waals surface area contributed by atoms with Gasteiger partial charge in [-0.05, 0) is 63.0 Å². The van der Waals surface area contributed by atoms with Gasteiger partial charge in [-0.2, -0.15) is 0 Å². The largest absolute Gasteiger partial charge is 0.479 e. The number of fused-ring (bicyclic) bond motifs is 1. The Kier molecular flexibility index (Phi) is 8.83. The highest BCUT2D eigenvalue weighted by Crippen LogP contribution is 2.31. The summed E-state index contributed by atoms with van der Waals surface area (Å²) in [5.74, 6) is 0.881. The van der Waals surface area contributed by atoms with E-state index in [0.29, 0.717) is 36.3 Å². The van der Waals surface area contributed by atoms with E-state index in [4.69, 9.17) is 18.9 Å². The smallest absolute Gasteiger partial charge is 0.347 e. The van der Waals surface area contributed by atoms with Crippen LogP contribution in [0.15, 0.2) is 30.3 Å². The van der Waals surface area contributed by atoms with Crippen LogP contribution in [0.25, 0.3) is 0 Å². The maximum absolute atomic E-state index is 12.3. The number of esters is 1. The minimum Gasteiger partial charge on any atom is -0.479 e. The van der Waals surface area contributed by atoms with Crippen LogP contribution in [-0.2, 0) is 19.0 Å². The van der Waals surface area contributed by atoms with Crippen LogP contribution in [0.4, 0.5) is 0 Å². The van der Waals surface area contributed by atoms with E-state index >= 15 is 0 Å². The third-order valence-corrected chi connectivity index (χ3v) is 7.41. The van der Waals surface area contributed by atoms with Crippen LogP contribution in [0.1, 0.15) is 57.8 Å². The average Bonchev–Trinajstić information content (AvgIpc) is 2.85. The Balaban J connectivity index is 1.17. The van der Waals surface area contributed by atoms with Gasteiger partial charge >= 0.3 is 5.97 Å². The van der Waals surface area contributed by atoms with Crippen LogP contribution >= 0.6 is 0 Å². The van der Waals surface area contributed by atoms with Crippen molar-refractivity contribution in [3.8, 4) is 5.75 Å². The van der Waals surface area contributed by atoms with Gasteiger partial charge in [0.1, 0.15) is 5.75 Å². The van der Waals surface area contributed by atoms with E-state index in [2.05, 4.69) is 4.90 Å². The predicted molar refractivity (Wildman–Crippen MR) is 123 cm³/mol. The summed E-state index contributed by atoms with van der Waals surface area (Å²) < 4.78 is 23.2. The van der Waals surface area contributed by atoms with Crippen molar-refractivity contribution in [1.29, 1.82) is 0 Å². The van der Waals surface area contributed by atoms with Gasteiger partial charge in [-0.1, -0.05) is 31.0 Å². The minimum atomic E-state index is -0.547. The third kappa shape index (κ3) is 6.46. The molecule has 1 aromatic carbocycles. The van der Waals surface area contributed by atoms with E-state index in [9.17, 15) is 4.79 Å². The number of hydrogen-bond donors (Lipinski definition) is 0. The maximum atomic E-state index is 12.3. The van der Waals surface area contributed by atoms with Gasteiger partial charge in [0.05, 0.1) is 32.5 Å². The Morgan fingerprint density at radius 2 is 1.88 bits per heavy atom. The summed E-state index contributed by atoms with van der Waals surface area (Å²) in [4.78, 5) is 14.9. The first-order chi connectivity index (χ1) is 15.7. The Morgan fingerprint density at radius 1 is 1.09 bits per heavy atom. The number of para-hydroxylation sites is 1. The molecule has 0 amide bonds. The lowest BCUT2D eigenvalue weighted by Gasteiger charge is -2.44. The van der Waals surface area contributed by atoms with Gasteiger partial charge in [0.2, 0.25) is 0 Å². The Bertz CT molecular complexity index is 689. The number of morpholine rings is 1. The molecule has 178 valence electrons. The second-order valence-electron chi connectivity index (χ2n) is 9.49. The standard InChI is InChI=1S/C26H39NO5/c1-29-26(28)25(32-22-7-3-2-4-8-22)19-20-11-13-21(14-12-20)30-17-15-27-16-18-31-24-10-6-5-9-23(24)27/h2-4,7-8,20-21,23-25H,5-6,9-19H2,1H3. The Labute approximate surface area is 192 Å². The fraction of sp³-hybridized carbons (Fsp3) is 0.731. The first-order valence-corrected chi connectivity index (χ1v) is 12.5. The van der Waals surface area contributed by atoms with E-state index < -0.39 is 6.10 Å². The molecule has 6 heteroatoms. The zero-order chi connectivity index (χ0) is 22.2. The van der Waals surface area contributed by atoms with Gasteiger partial charge in [0, 0.05) is 19.1 Å². The van der Waals surface area contributed by atoms with Gasteiger partial charge < -0.3 is 18.9 Å². The summed E-state index contributed by atoms with van der Waals surface area (Å²) >= 11 is 0. The molecule has 4 rings (SSSR count). The van der Waals surface area contributed by atoms with E-state index in [-0.39, 0.29) is 5.97 Å². The van der Waals surface area contributed by atoms with Crippen molar-refractivity contribution in [3.05, 3.63) is 30.3 Å². The van der Waals surface area contributed by atoms with Crippen LogP contribution < -0.4 is 4.74 Å². The number of rotatable bonds is 9. The monoisotopic (exact) mass is 445 g/mol. The highest BCUT2D eigenvalue weighted by atomic mass is 16.6. The lowest BCUT2D eigenvalue weighted by Crippen LogP contribution is -2.53. The average molecular weight is 446 g/mol. The van der Waals surface area contributed by atoms with E-state index in [1.165, 1.54) is 32.8 Å². The van der Waals surface area contributed by atoms with Gasteiger partial charge in [0.15, 0.2) is 6.10 Å². The molecule has 2 saturated carbocycles. The Hall–Kier alpha value is -1.63. The number of nitrogens with zero attached hydrogens (tertiary/aromatic N) is 1. The fourth-order valence-corrected chi connectivity index (χ4v) is 5.62. The molecule has 3 aliphatic rings. The van der Waals surface area contributed by atoms with Gasteiger partial charge in [-0.15, -0.1) is 0 Å². The first kappa shape index (κ1) is 23.5. The molecule has 0 N–H and O–H groups in total. The molecule has 6 nitrogen and oxygen atoms in total. The first-order valence-electron chi connectivity index (χ1n) is 12.5. The number of ether oxygens (including phenoxy) is 4. The summed E-state index contributed by atoms with van der Waals surface area (Å²) in [6.45, 7) is 3.71. The molecule has 3 unspecified atom stereocenters. The summed E-state index contributed by atoms with van der Waals surface area (Å²) in [5, 5.41) is 0. The molecule has 1 aliphatic heterocycles. The molecule has 32 heavy (non-hydrogen) atoms. The van der Waals surface area contributed by atoms with Crippen molar-refractivity contribution in [3.63, 3.8) is 0 Å². The SMILES string of the molecule is COC(=O)C(CC1CCC(OCCN2CCOC3CCCCC32)CC1)Oc1ccccc1. The molecule has 1 aromatic rings. The summed E-state index contributed by atoms with van der Waals surface area (Å²) in [5.41, 5.74) is 0. The van der Waals surface area contributed by atoms with Crippen LogP contribution in [-0.4, -0.2) is 68.6 Å². The van der Waals surface area contributed by atoms with Crippen LogP contribution in [0, 0.1) is 5.92 Å². The molecule has 1 saturated heterocycles. The number of carbonyl (C=O) groups excluding carboxylic acids is 1. The van der Waals surface area contributed by atoms with Gasteiger partial charge in [0.25, 0.3) is 0 Å². The highest BCUT2D eigenvalue weighted by molar-refractivity contribution is 5.75. The number of benzene rings is 1. The zero-order valence-corrected chi connectivity index (χ0v) is 19.5. The molecular weight excluding hydrogens is 406 g/mol. The lowest BCUT2D eigenvalue weighted by atomic mass is 9.84. The summed E-state index contributed by atoms with van der Waals surface area (Å²) in [7, 11) is 1.43. The normalized spacial score (nSPS) is 29.7. The van der Waals surface area contributed by atoms with Crippen molar-refractivity contribution in [2.75, 3.05) is 33.4 Å². The molecule has 0 aromatic heterocycles. The molecule has 0 spiro atoms. The number of methoxy groups -OCH3 is 1. The number of hydrogen-bond acceptors (Lipinski definition) is 6. The van der Waals surface area contributed by atoms with Crippen molar-refractivity contribution in [2.45, 2.75) is 82.1 Å². The van der Waals surface area contributed by atoms with Crippen molar-refractivity contribution < 1.29 is 23.7 Å². The third-order valence-electron chi connectivity index (χ3n) is 7.41. The zero-order valence-electron chi connectivity index (χ0n) is 19.5. The molecule has 0 bridgehead atoms. The Morgan fingerprint density at radius 3 is 2.66 bits per heavy atom.